The van der Waals surface area contributed by atoms with Crippen LogP contribution in [0, 0.1) is 0 Å². The Morgan fingerprint density at radius 2 is 1.90 bits per heavy atom. The fourth-order valence-corrected chi connectivity index (χ4v) is 1.76. The van der Waals surface area contributed by atoms with Crippen molar-refractivity contribution >= 4 is 17.6 Å². The van der Waals surface area contributed by atoms with Crippen molar-refractivity contribution in [1.29, 1.82) is 0 Å². The van der Waals surface area contributed by atoms with Crippen molar-refractivity contribution in [3.63, 3.8) is 0 Å². The van der Waals surface area contributed by atoms with Crippen LogP contribution in [0.25, 0.3) is 0 Å². The lowest BCUT2D eigenvalue weighted by Crippen LogP contribution is -2.39. The zero-order chi connectivity index (χ0) is 16.0. The van der Waals surface area contributed by atoms with Gasteiger partial charge in [0.1, 0.15) is 16.9 Å². The predicted molar refractivity (Wildman–Crippen MR) is 78.7 cm³/mol. The van der Waals surface area contributed by atoms with Gasteiger partial charge in [-0.1, -0.05) is 0 Å². The minimum atomic E-state index is -0.958. The summed E-state index contributed by atoms with van der Waals surface area (Å²) in [5, 5.41) is 2.71. The molecule has 0 heterocycles. The average molecular weight is 295 g/mol. The summed E-state index contributed by atoms with van der Waals surface area (Å²) >= 11 is 0. The summed E-state index contributed by atoms with van der Waals surface area (Å²) in [5.41, 5.74) is -0.249. The Kier molecular flexibility index (Phi) is 5.72. The molecule has 0 saturated carbocycles. The molecule has 6 heteroatoms. The normalized spacial score (nSPS) is 10.9. The molecule has 1 aromatic carbocycles. The number of methoxy groups -OCH3 is 2. The molecule has 0 atom stereocenters. The third kappa shape index (κ3) is 4.19. The zero-order valence-electron chi connectivity index (χ0n) is 13.0. The molecule has 1 aromatic rings. The molecule has 6 nitrogen and oxygen atoms in total. The molecule has 0 aliphatic carbocycles. The fourth-order valence-electron chi connectivity index (χ4n) is 1.76. The molecule has 0 unspecified atom stereocenters. The smallest absolute Gasteiger partial charge is 0.341 e. The maximum atomic E-state index is 12.1. The lowest BCUT2D eigenvalue weighted by atomic mass is 10.1. The first-order valence-electron chi connectivity index (χ1n) is 6.57. The summed E-state index contributed by atoms with van der Waals surface area (Å²) in [6.45, 7) is 5.60. The highest BCUT2D eigenvalue weighted by molar-refractivity contribution is 5.99. The van der Waals surface area contributed by atoms with E-state index in [4.69, 9.17) is 9.47 Å². The second-order valence-electron chi connectivity index (χ2n) is 4.80. The van der Waals surface area contributed by atoms with Crippen molar-refractivity contribution in [2.75, 3.05) is 26.1 Å². The van der Waals surface area contributed by atoms with E-state index in [2.05, 4.69) is 10.1 Å². The Labute approximate surface area is 124 Å². The third-order valence-electron chi connectivity index (χ3n) is 2.91. The number of esters is 1. The Hall–Kier alpha value is -2.08. The number of hydrogen-bond acceptors (Lipinski definition) is 5. The van der Waals surface area contributed by atoms with Gasteiger partial charge in [-0.15, -0.1) is 0 Å². The number of amides is 1. The number of benzene rings is 1. The quantitative estimate of drug-likeness (QED) is 0.815. The molecule has 1 N–H and O–H groups in total. The first-order chi connectivity index (χ1) is 9.85. The van der Waals surface area contributed by atoms with Crippen LogP contribution in [0.4, 0.5) is 5.69 Å². The van der Waals surface area contributed by atoms with Crippen molar-refractivity contribution in [3.8, 4) is 5.75 Å². The van der Waals surface area contributed by atoms with Crippen molar-refractivity contribution in [2.45, 2.75) is 26.4 Å². The van der Waals surface area contributed by atoms with Crippen LogP contribution in [-0.2, 0) is 14.3 Å². The predicted octanol–water partition coefficient (Wildman–Crippen LogP) is 2.24. The maximum absolute atomic E-state index is 12.1. The highest BCUT2D eigenvalue weighted by Crippen LogP contribution is 2.24. The van der Waals surface area contributed by atoms with Gasteiger partial charge in [0, 0.05) is 12.3 Å². The monoisotopic (exact) mass is 295 g/mol. The summed E-state index contributed by atoms with van der Waals surface area (Å²) in [7, 11) is 2.74. The summed E-state index contributed by atoms with van der Waals surface area (Å²) < 4.78 is 15.2. The van der Waals surface area contributed by atoms with E-state index in [-0.39, 0.29) is 11.5 Å². The highest BCUT2D eigenvalue weighted by Gasteiger charge is 2.28. The SMILES string of the molecule is CCOC(C)(C)C(=O)Nc1ccc(OC)c(C(=O)OC)c1. The Balaban J connectivity index is 3.00. The number of carbonyl (C=O) groups is 2. The first-order valence-corrected chi connectivity index (χ1v) is 6.57. The molecule has 0 fully saturated rings. The van der Waals surface area contributed by atoms with E-state index in [0.29, 0.717) is 18.0 Å². The summed E-state index contributed by atoms with van der Waals surface area (Å²) in [6.07, 6.45) is 0. The van der Waals surface area contributed by atoms with Crippen LogP contribution in [0.1, 0.15) is 31.1 Å². The molecule has 21 heavy (non-hydrogen) atoms. The molecule has 0 spiro atoms. The lowest BCUT2D eigenvalue weighted by Gasteiger charge is -2.23. The van der Waals surface area contributed by atoms with Crippen molar-refractivity contribution in [3.05, 3.63) is 23.8 Å². The molecule has 0 aliphatic heterocycles. The molecular weight excluding hydrogens is 274 g/mol. The number of carbonyl (C=O) groups excluding carboxylic acids is 2. The van der Waals surface area contributed by atoms with Gasteiger partial charge in [-0.25, -0.2) is 4.79 Å². The van der Waals surface area contributed by atoms with Gasteiger partial charge in [-0.3, -0.25) is 4.79 Å². The van der Waals surface area contributed by atoms with E-state index in [1.807, 2.05) is 6.92 Å². The van der Waals surface area contributed by atoms with Crippen molar-refractivity contribution < 1.29 is 23.8 Å². The second kappa shape index (κ2) is 7.08. The number of ether oxygens (including phenoxy) is 3. The number of nitrogens with one attached hydrogen (secondary N) is 1. The van der Waals surface area contributed by atoms with Crippen LogP contribution in [-0.4, -0.2) is 38.3 Å². The van der Waals surface area contributed by atoms with Crippen LogP contribution in [0.3, 0.4) is 0 Å². The van der Waals surface area contributed by atoms with Crippen LogP contribution in [0.15, 0.2) is 18.2 Å². The third-order valence-corrected chi connectivity index (χ3v) is 2.91. The highest BCUT2D eigenvalue weighted by atomic mass is 16.5. The summed E-state index contributed by atoms with van der Waals surface area (Å²) in [6, 6.07) is 4.74. The van der Waals surface area contributed by atoms with Gasteiger partial charge in [0.25, 0.3) is 5.91 Å². The zero-order valence-corrected chi connectivity index (χ0v) is 13.0. The van der Waals surface area contributed by atoms with Gasteiger partial charge in [-0.05, 0) is 39.0 Å². The second-order valence-corrected chi connectivity index (χ2v) is 4.80. The number of anilines is 1. The topological polar surface area (TPSA) is 73.9 Å². The molecular formula is C15H21NO5. The summed E-state index contributed by atoms with van der Waals surface area (Å²) in [5.74, 6) is -0.457. The van der Waals surface area contributed by atoms with Crippen molar-refractivity contribution in [1.82, 2.24) is 0 Å². The number of rotatable bonds is 6. The number of hydrogen-bond donors (Lipinski definition) is 1. The van der Waals surface area contributed by atoms with Gasteiger partial charge in [-0.2, -0.15) is 0 Å². The molecule has 0 aromatic heterocycles. The molecule has 0 radical (unpaired) electrons. The van der Waals surface area contributed by atoms with Crippen LogP contribution < -0.4 is 10.1 Å². The van der Waals surface area contributed by atoms with Crippen molar-refractivity contribution in [2.24, 2.45) is 0 Å². The molecule has 0 bridgehead atoms. The van der Waals surface area contributed by atoms with Gasteiger partial charge in [0.05, 0.1) is 14.2 Å². The summed E-state index contributed by atoms with van der Waals surface area (Å²) in [4.78, 5) is 23.8. The molecule has 1 amide bonds. The largest absolute Gasteiger partial charge is 0.496 e. The van der Waals surface area contributed by atoms with Gasteiger partial charge in [0.2, 0.25) is 0 Å². The average Bonchev–Trinajstić information content (AvgIpc) is 2.46. The first kappa shape index (κ1) is 17.0. The molecule has 1 rings (SSSR count). The van der Waals surface area contributed by atoms with E-state index in [1.165, 1.54) is 20.3 Å². The molecule has 0 aliphatic rings. The van der Waals surface area contributed by atoms with E-state index in [9.17, 15) is 9.59 Å². The standard InChI is InChI=1S/C15H21NO5/c1-6-21-15(2,3)14(18)16-10-7-8-12(19-4)11(9-10)13(17)20-5/h7-9H,6H2,1-5H3,(H,16,18). The molecule has 116 valence electrons. The minimum Gasteiger partial charge on any atom is -0.496 e. The van der Waals surface area contributed by atoms with Gasteiger partial charge in [0.15, 0.2) is 0 Å². The maximum Gasteiger partial charge on any atom is 0.341 e. The van der Waals surface area contributed by atoms with Gasteiger partial charge < -0.3 is 19.5 Å². The van der Waals surface area contributed by atoms with Gasteiger partial charge >= 0.3 is 5.97 Å². The Bertz CT molecular complexity index is 525. The van der Waals surface area contributed by atoms with E-state index in [1.54, 1.807) is 26.0 Å². The lowest BCUT2D eigenvalue weighted by molar-refractivity contribution is -0.136. The van der Waals surface area contributed by atoms with Crippen LogP contribution in [0.5, 0.6) is 5.75 Å². The van der Waals surface area contributed by atoms with Crippen LogP contribution in [0.2, 0.25) is 0 Å². The Morgan fingerprint density at radius 3 is 2.43 bits per heavy atom. The van der Waals surface area contributed by atoms with E-state index < -0.39 is 11.6 Å². The fraction of sp³-hybridized carbons (Fsp3) is 0.467. The van der Waals surface area contributed by atoms with E-state index >= 15 is 0 Å². The minimum absolute atomic E-state index is 0.243. The Morgan fingerprint density at radius 1 is 1.24 bits per heavy atom. The van der Waals surface area contributed by atoms with E-state index in [0.717, 1.165) is 0 Å². The molecule has 0 saturated heterocycles. The van der Waals surface area contributed by atoms with Crippen LogP contribution >= 0.6 is 0 Å².